The Kier molecular flexibility index (Phi) is 3.28. The van der Waals surface area contributed by atoms with E-state index in [1.807, 2.05) is 12.1 Å². The standard InChI is InChI=1S/C18H12N4O2/c23-16(11-5-2-1-3-6-11)15-13(12-7-4-8-19-9-12)14-17(22-15)20-10-21-18(14)24/h1-10H,(H2,20,21,22,24). The van der Waals surface area contributed by atoms with Crippen molar-refractivity contribution in [3.05, 3.63) is 82.8 Å². The summed E-state index contributed by atoms with van der Waals surface area (Å²) >= 11 is 0. The van der Waals surface area contributed by atoms with Gasteiger partial charge >= 0.3 is 0 Å². The van der Waals surface area contributed by atoms with Gasteiger partial charge in [-0.2, -0.15) is 4.98 Å². The third kappa shape index (κ3) is 2.21. The first-order valence-electron chi connectivity index (χ1n) is 7.35. The molecule has 0 amide bonds. The molecular weight excluding hydrogens is 304 g/mol. The van der Waals surface area contributed by atoms with Gasteiger partial charge in [-0.05, 0) is 6.07 Å². The molecule has 0 bridgehead atoms. The number of fused-ring (bicyclic) bond motifs is 1. The van der Waals surface area contributed by atoms with Crippen LogP contribution in [0.25, 0.3) is 22.2 Å². The maximum atomic E-state index is 12.9. The highest BCUT2D eigenvalue weighted by Gasteiger charge is 2.22. The molecule has 4 aromatic rings. The Morgan fingerprint density at radius 2 is 1.88 bits per heavy atom. The van der Waals surface area contributed by atoms with E-state index < -0.39 is 5.56 Å². The maximum absolute atomic E-state index is 12.9. The zero-order valence-corrected chi connectivity index (χ0v) is 12.5. The highest BCUT2D eigenvalue weighted by atomic mass is 16.1. The second kappa shape index (κ2) is 5.58. The number of nitrogens with one attached hydrogen (secondary N) is 2. The quantitative estimate of drug-likeness (QED) is 0.568. The van der Waals surface area contributed by atoms with Crippen molar-refractivity contribution in [2.45, 2.75) is 0 Å². The number of carbonyl (C=O) groups excluding carboxylic acids is 1. The molecule has 0 atom stereocenters. The SMILES string of the molecule is O=C(c1ccccc1)c1[nH]c2[nH]cnc(=O)c2c1-c1cccnc1. The lowest BCUT2D eigenvalue weighted by molar-refractivity contribution is 0.103. The number of carbonyl (C=O) groups is 1. The Hall–Kier alpha value is -3.54. The Bertz CT molecular complexity index is 1080. The number of aromatic amines is 2. The van der Waals surface area contributed by atoms with Crippen LogP contribution in [0, 0.1) is 0 Å². The molecule has 4 rings (SSSR count). The van der Waals surface area contributed by atoms with Crippen LogP contribution < -0.4 is 5.56 Å². The predicted molar refractivity (Wildman–Crippen MR) is 89.8 cm³/mol. The normalized spacial score (nSPS) is 10.8. The molecule has 3 aromatic heterocycles. The molecule has 0 aliphatic heterocycles. The molecule has 0 saturated carbocycles. The van der Waals surface area contributed by atoms with Crippen LogP contribution in [0.3, 0.4) is 0 Å². The van der Waals surface area contributed by atoms with Gasteiger partial charge in [0.2, 0.25) is 5.78 Å². The summed E-state index contributed by atoms with van der Waals surface area (Å²) < 4.78 is 0. The number of ketones is 1. The summed E-state index contributed by atoms with van der Waals surface area (Å²) in [6, 6.07) is 12.5. The predicted octanol–water partition coefficient (Wildman–Crippen LogP) is 2.54. The molecule has 0 saturated heterocycles. The van der Waals surface area contributed by atoms with Crippen molar-refractivity contribution in [3.63, 3.8) is 0 Å². The zero-order valence-electron chi connectivity index (χ0n) is 12.5. The molecule has 1 aromatic carbocycles. The van der Waals surface area contributed by atoms with Crippen molar-refractivity contribution < 1.29 is 4.79 Å². The third-order valence-corrected chi connectivity index (χ3v) is 3.82. The summed E-state index contributed by atoms with van der Waals surface area (Å²) in [5.74, 6) is -0.196. The summed E-state index contributed by atoms with van der Waals surface area (Å²) in [4.78, 5) is 39.0. The van der Waals surface area contributed by atoms with Gasteiger partial charge in [-0.25, -0.2) is 0 Å². The molecule has 0 fully saturated rings. The van der Waals surface area contributed by atoms with Crippen molar-refractivity contribution >= 4 is 16.8 Å². The number of H-pyrrole nitrogens is 2. The van der Waals surface area contributed by atoms with Crippen LogP contribution in [-0.4, -0.2) is 25.7 Å². The second-order valence-corrected chi connectivity index (χ2v) is 5.27. The second-order valence-electron chi connectivity index (χ2n) is 5.27. The lowest BCUT2D eigenvalue weighted by atomic mass is 10.00. The van der Waals surface area contributed by atoms with Crippen LogP contribution in [0.2, 0.25) is 0 Å². The van der Waals surface area contributed by atoms with Gasteiger partial charge in [-0.3, -0.25) is 14.6 Å². The molecule has 2 N–H and O–H groups in total. The Morgan fingerprint density at radius 1 is 1.04 bits per heavy atom. The van der Waals surface area contributed by atoms with Gasteiger partial charge < -0.3 is 9.97 Å². The number of hydrogen-bond donors (Lipinski definition) is 2. The average molecular weight is 316 g/mol. The van der Waals surface area contributed by atoms with Gasteiger partial charge in [-0.1, -0.05) is 36.4 Å². The minimum atomic E-state index is -0.397. The minimum absolute atomic E-state index is 0.196. The van der Waals surface area contributed by atoms with Crippen molar-refractivity contribution in [2.75, 3.05) is 0 Å². The van der Waals surface area contributed by atoms with Gasteiger partial charge in [0.15, 0.2) is 0 Å². The van der Waals surface area contributed by atoms with E-state index in [9.17, 15) is 9.59 Å². The highest BCUT2D eigenvalue weighted by molar-refractivity contribution is 6.16. The van der Waals surface area contributed by atoms with Crippen LogP contribution in [0.5, 0.6) is 0 Å². The van der Waals surface area contributed by atoms with Crippen molar-refractivity contribution in [3.8, 4) is 11.1 Å². The molecule has 0 spiro atoms. The molecule has 6 nitrogen and oxygen atoms in total. The summed E-state index contributed by atoms with van der Waals surface area (Å²) in [6.07, 6.45) is 4.57. The lowest BCUT2D eigenvalue weighted by Gasteiger charge is -2.04. The highest BCUT2D eigenvalue weighted by Crippen LogP contribution is 2.30. The molecular formula is C18H12N4O2. The first-order chi connectivity index (χ1) is 11.8. The Morgan fingerprint density at radius 3 is 2.62 bits per heavy atom. The van der Waals surface area contributed by atoms with E-state index >= 15 is 0 Å². The maximum Gasteiger partial charge on any atom is 0.282 e. The van der Waals surface area contributed by atoms with Crippen LogP contribution in [0.4, 0.5) is 0 Å². The summed E-state index contributed by atoms with van der Waals surface area (Å²) in [6.45, 7) is 0. The first kappa shape index (κ1) is 14.1. The summed E-state index contributed by atoms with van der Waals surface area (Å²) in [5.41, 5.74) is 2.14. The van der Waals surface area contributed by atoms with E-state index in [4.69, 9.17) is 0 Å². The van der Waals surface area contributed by atoms with Gasteiger partial charge in [0.1, 0.15) is 5.65 Å². The third-order valence-electron chi connectivity index (χ3n) is 3.82. The van der Waals surface area contributed by atoms with Gasteiger partial charge in [0, 0.05) is 29.1 Å². The molecule has 116 valence electrons. The average Bonchev–Trinajstić information content (AvgIpc) is 3.03. The largest absolute Gasteiger partial charge is 0.337 e. The van der Waals surface area contributed by atoms with E-state index in [1.165, 1.54) is 6.33 Å². The van der Waals surface area contributed by atoms with Gasteiger partial charge in [0.05, 0.1) is 17.4 Å². The van der Waals surface area contributed by atoms with Crippen LogP contribution in [0.1, 0.15) is 16.1 Å². The fourth-order valence-corrected chi connectivity index (χ4v) is 2.75. The lowest BCUT2D eigenvalue weighted by Crippen LogP contribution is -2.07. The smallest absolute Gasteiger partial charge is 0.282 e. The minimum Gasteiger partial charge on any atom is -0.337 e. The van der Waals surface area contributed by atoms with E-state index in [-0.39, 0.29) is 5.78 Å². The Balaban J connectivity index is 2.04. The topological polar surface area (TPSA) is 91.5 Å². The van der Waals surface area contributed by atoms with Crippen molar-refractivity contribution in [1.29, 1.82) is 0 Å². The fraction of sp³-hybridized carbons (Fsp3) is 0. The fourth-order valence-electron chi connectivity index (χ4n) is 2.75. The number of rotatable bonds is 3. The van der Waals surface area contributed by atoms with Crippen LogP contribution in [-0.2, 0) is 0 Å². The molecule has 0 radical (unpaired) electrons. The molecule has 0 unspecified atom stereocenters. The van der Waals surface area contributed by atoms with Crippen LogP contribution in [0.15, 0.2) is 66.0 Å². The van der Waals surface area contributed by atoms with E-state index in [2.05, 4.69) is 19.9 Å². The Labute approximate surface area is 136 Å². The number of hydrogen-bond acceptors (Lipinski definition) is 4. The van der Waals surface area contributed by atoms with E-state index in [0.717, 1.165) is 0 Å². The number of pyridine rings is 1. The number of nitrogens with zero attached hydrogens (tertiary/aromatic N) is 2. The first-order valence-corrected chi connectivity index (χ1v) is 7.35. The summed E-state index contributed by atoms with van der Waals surface area (Å²) in [7, 11) is 0. The number of aromatic nitrogens is 4. The van der Waals surface area contributed by atoms with Gasteiger partial charge in [0.25, 0.3) is 5.56 Å². The van der Waals surface area contributed by atoms with E-state index in [1.54, 1.807) is 42.7 Å². The van der Waals surface area contributed by atoms with Crippen molar-refractivity contribution in [1.82, 2.24) is 19.9 Å². The van der Waals surface area contributed by atoms with Crippen molar-refractivity contribution in [2.24, 2.45) is 0 Å². The van der Waals surface area contributed by atoms with Gasteiger partial charge in [-0.15, -0.1) is 0 Å². The number of benzene rings is 1. The summed E-state index contributed by atoms with van der Waals surface area (Å²) in [5, 5.41) is 0.352. The van der Waals surface area contributed by atoms with E-state index in [0.29, 0.717) is 33.4 Å². The molecule has 0 aliphatic rings. The molecule has 0 aliphatic carbocycles. The van der Waals surface area contributed by atoms with Crippen LogP contribution >= 0.6 is 0 Å². The molecule has 3 heterocycles. The molecule has 6 heteroatoms. The monoisotopic (exact) mass is 316 g/mol. The zero-order chi connectivity index (χ0) is 16.5. The molecule has 24 heavy (non-hydrogen) atoms.